The van der Waals surface area contributed by atoms with Crippen molar-refractivity contribution < 1.29 is 39.6 Å². The Morgan fingerprint density at radius 3 is 2.39 bits per heavy atom. The Bertz CT molecular complexity index is 1830. The number of aliphatic carboxylic acids is 2. The first kappa shape index (κ1) is 32.9. The fourth-order valence-corrected chi connectivity index (χ4v) is 7.48. The number of aliphatic hydroxyl groups is 2. The summed E-state index contributed by atoms with van der Waals surface area (Å²) in [7, 11) is 0. The molecule has 2 aromatic heterocycles. The molecular weight excluding hydrogens is 612 g/mol. The van der Waals surface area contributed by atoms with Crippen LogP contribution in [0.1, 0.15) is 66.6 Å². The van der Waals surface area contributed by atoms with Crippen LogP contribution in [0.5, 0.6) is 0 Å². The van der Waals surface area contributed by atoms with E-state index in [1.54, 1.807) is 26.0 Å². The molecule has 5 heterocycles. The second kappa shape index (κ2) is 13.1. The highest BCUT2D eigenvalue weighted by Gasteiger charge is 2.52. The van der Waals surface area contributed by atoms with Crippen LogP contribution in [-0.4, -0.2) is 71.2 Å². The van der Waals surface area contributed by atoms with Crippen molar-refractivity contribution in [3.05, 3.63) is 73.5 Å². The summed E-state index contributed by atoms with van der Waals surface area (Å²) in [6.07, 6.45) is 5.85. The number of hydrogen-bond acceptors (Lipinski definition) is 6. The van der Waals surface area contributed by atoms with Gasteiger partial charge in [-0.3, -0.25) is 19.2 Å². The number of allylic oxidation sites excluding steroid dienone is 1. The van der Waals surface area contributed by atoms with Crippen molar-refractivity contribution in [2.75, 3.05) is 5.75 Å². The van der Waals surface area contributed by atoms with Crippen molar-refractivity contribution in [2.45, 2.75) is 64.4 Å². The largest absolute Gasteiger partial charge is 0.516 e. The van der Waals surface area contributed by atoms with E-state index in [9.17, 15) is 39.6 Å². The van der Waals surface area contributed by atoms with Crippen LogP contribution in [0.15, 0.2) is 29.2 Å². The molecule has 8 N–H and O–H groups in total. The third kappa shape index (κ3) is 6.42. The molecule has 2 saturated heterocycles. The molecule has 2 fully saturated rings. The van der Waals surface area contributed by atoms with Crippen LogP contribution in [0.3, 0.4) is 0 Å². The van der Waals surface area contributed by atoms with Crippen molar-refractivity contribution in [1.29, 1.82) is 0 Å². The number of aromatic nitrogens is 2. The van der Waals surface area contributed by atoms with E-state index < -0.39 is 30.0 Å². The summed E-state index contributed by atoms with van der Waals surface area (Å²) in [6, 6.07) is -0.788. The molecule has 0 saturated carbocycles. The Morgan fingerprint density at radius 1 is 1.04 bits per heavy atom. The highest BCUT2D eigenvalue weighted by Crippen LogP contribution is 2.38. The van der Waals surface area contributed by atoms with Crippen LogP contribution < -0.4 is 21.2 Å². The van der Waals surface area contributed by atoms with E-state index in [0.717, 1.165) is 23.3 Å². The number of amides is 2. The average molecular weight is 652 g/mol. The van der Waals surface area contributed by atoms with Crippen molar-refractivity contribution in [1.82, 2.24) is 20.6 Å². The number of aromatic amines is 2. The molecule has 244 valence electrons. The van der Waals surface area contributed by atoms with Gasteiger partial charge in [0.15, 0.2) is 11.0 Å². The van der Waals surface area contributed by atoms with Gasteiger partial charge in [-0.25, -0.2) is 0 Å². The number of H-pyrrole nitrogens is 2. The quantitative estimate of drug-likeness (QED) is 0.0757. The topological polar surface area (TPSA) is 205 Å². The first-order valence-electron chi connectivity index (χ1n) is 15.1. The zero-order chi connectivity index (χ0) is 33.4. The summed E-state index contributed by atoms with van der Waals surface area (Å²) < 4.78 is 0. The Labute approximate surface area is 269 Å². The molecule has 2 amide bonds. The maximum Gasteiger partial charge on any atom is 0.307 e. The van der Waals surface area contributed by atoms with Gasteiger partial charge in [0.05, 0.1) is 30.3 Å². The fraction of sp³-hybridized carbons (Fsp3) is 0.394. The van der Waals surface area contributed by atoms with Crippen molar-refractivity contribution in [3.8, 4) is 0 Å². The van der Waals surface area contributed by atoms with Gasteiger partial charge in [0.1, 0.15) is 6.10 Å². The molecular formula is C33H39N4O8S+. The molecule has 2 aromatic rings. The Morgan fingerprint density at radius 2 is 1.76 bits per heavy atom. The van der Waals surface area contributed by atoms with Gasteiger partial charge in [-0.15, -0.1) is 0 Å². The molecule has 3 aliphatic heterocycles. The van der Waals surface area contributed by atoms with Gasteiger partial charge in [-0.2, -0.15) is 0 Å². The summed E-state index contributed by atoms with van der Waals surface area (Å²) in [6.45, 7) is 7.25. The van der Waals surface area contributed by atoms with Gasteiger partial charge in [-0.05, 0) is 84.7 Å². The SMILES string of the molecule is CC1=C(/C=C\O)C(=O)N[C@@H]1[C@H](O)c1[nH]c(/C=c2\[nH]c(/C=C3\NC(=O)[C@H](C)[C@H]3[C@H]3C[SH+]3)c(C)\c2=C/CC(=O)O)c(CCC(=O)O)c1C. The van der Waals surface area contributed by atoms with Crippen LogP contribution in [0.4, 0.5) is 0 Å². The second-order valence-electron chi connectivity index (χ2n) is 12.0. The third-order valence-corrected chi connectivity index (χ3v) is 10.2. The van der Waals surface area contributed by atoms with Crippen LogP contribution in [0.25, 0.3) is 18.2 Å². The van der Waals surface area contributed by atoms with E-state index in [1.807, 2.05) is 19.9 Å². The van der Waals surface area contributed by atoms with Gasteiger partial charge in [0.2, 0.25) is 5.91 Å². The minimum Gasteiger partial charge on any atom is -0.516 e. The number of nitrogens with one attached hydrogen (secondary N) is 4. The maximum absolute atomic E-state index is 12.6. The minimum absolute atomic E-state index is 0.0222. The Hall–Kier alpha value is -4.49. The second-order valence-corrected chi connectivity index (χ2v) is 13.4. The number of rotatable bonds is 11. The molecule has 12 nitrogen and oxygen atoms in total. The highest BCUT2D eigenvalue weighted by molar-refractivity contribution is 7.86. The molecule has 0 aliphatic carbocycles. The summed E-state index contributed by atoms with van der Waals surface area (Å²) in [5, 5.41) is 47.0. The molecule has 0 radical (unpaired) electrons. The first-order chi connectivity index (χ1) is 21.8. The number of carboxylic acid groups (broad SMARTS) is 2. The van der Waals surface area contributed by atoms with Gasteiger partial charge in [0, 0.05) is 40.3 Å². The summed E-state index contributed by atoms with van der Waals surface area (Å²) in [5.41, 5.74) is 5.30. The lowest BCUT2D eigenvalue weighted by molar-refractivity contribution is -0.137. The smallest absolute Gasteiger partial charge is 0.307 e. The van der Waals surface area contributed by atoms with Crippen molar-refractivity contribution in [2.24, 2.45) is 11.8 Å². The Balaban J connectivity index is 1.64. The van der Waals surface area contributed by atoms with Crippen LogP contribution in [0, 0.1) is 25.7 Å². The number of carbonyl (C=O) groups excluding carboxylic acids is 2. The molecule has 5 atom stereocenters. The lowest BCUT2D eigenvalue weighted by Gasteiger charge is -2.20. The predicted octanol–water partition coefficient (Wildman–Crippen LogP) is 0.901. The van der Waals surface area contributed by atoms with Gasteiger partial charge >= 0.3 is 11.9 Å². The van der Waals surface area contributed by atoms with E-state index in [1.165, 1.54) is 17.8 Å². The number of aliphatic hydroxyl groups excluding tert-OH is 2. The predicted molar refractivity (Wildman–Crippen MR) is 174 cm³/mol. The highest BCUT2D eigenvalue weighted by atomic mass is 32.2. The number of thiol groups is 1. The van der Waals surface area contributed by atoms with E-state index in [0.29, 0.717) is 49.6 Å². The Kier molecular flexibility index (Phi) is 9.36. The van der Waals surface area contributed by atoms with Crippen molar-refractivity contribution in [3.63, 3.8) is 0 Å². The summed E-state index contributed by atoms with van der Waals surface area (Å²) in [5.74, 6) is -1.48. The number of carbonyl (C=O) groups is 4. The lowest BCUT2D eigenvalue weighted by atomic mass is 9.92. The zero-order valence-electron chi connectivity index (χ0n) is 26.0. The van der Waals surface area contributed by atoms with Crippen LogP contribution in [-0.2, 0) is 37.4 Å². The molecule has 5 rings (SSSR count). The van der Waals surface area contributed by atoms with Crippen LogP contribution in [0.2, 0.25) is 0 Å². The standard InChI is InChI=1S/C33H38N4O8S/c1-14-18(5-7-26(39)40)22(34-21(14)11-24-28(25-13-46-25)17(4)32(44)36-24)12-23-19(6-8-27(41)42)15(2)29(35-23)31(43)30-16(3)20(9-10-38)33(45)37-30/h5,9-12,17,25,28,30-31,34-35,38,43H,6-8,13H2,1-4H3,(H,36,44)(H,37,45)(H,39,40)(H,41,42)/p+1/b10-9-,18-5+,22-12-,24-11-/t17-,25-,28-,30+,31-/m1/s1. The van der Waals surface area contributed by atoms with E-state index in [4.69, 9.17) is 0 Å². The monoisotopic (exact) mass is 651 g/mol. The summed E-state index contributed by atoms with van der Waals surface area (Å²) >= 11 is 1.32. The number of carboxylic acids is 2. The molecule has 0 spiro atoms. The molecule has 0 aromatic carbocycles. The molecule has 3 aliphatic rings. The molecule has 13 heteroatoms. The van der Waals surface area contributed by atoms with E-state index >= 15 is 0 Å². The maximum atomic E-state index is 12.6. The van der Waals surface area contributed by atoms with Gasteiger partial charge < -0.3 is 41.0 Å². The van der Waals surface area contributed by atoms with Gasteiger partial charge in [-0.1, -0.05) is 13.0 Å². The third-order valence-electron chi connectivity index (χ3n) is 9.14. The summed E-state index contributed by atoms with van der Waals surface area (Å²) in [4.78, 5) is 54.8. The van der Waals surface area contributed by atoms with E-state index in [2.05, 4.69) is 20.6 Å². The average Bonchev–Trinajstić information content (AvgIpc) is 3.56. The number of hydrogen-bond donors (Lipinski definition) is 8. The molecule has 0 unspecified atom stereocenters. The zero-order valence-corrected chi connectivity index (χ0v) is 26.9. The normalized spacial score (nSPS) is 25.2. The lowest BCUT2D eigenvalue weighted by Crippen LogP contribution is -2.34. The van der Waals surface area contributed by atoms with Crippen molar-refractivity contribution >= 4 is 53.7 Å². The van der Waals surface area contributed by atoms with Crippen LogP contribution >= 0.6 is 0 Å². The van der Waals surface area contributed by atoms with E-state index in [-0.39, 0.29) is 42.6 Å². The van der Waals surface area contributed by atoms with Gasteiger partial charge in [0.25, 0.3) is 5.91 Å². The fourth-order valence-electron chi connectivity index (χ4n) is 6.49. The molecule has 46 heavy (non-hydrogen) atoms. The minimum atomic E-state index is -1.21. The molecule has 0 bridgehead atoms. The first-order valence-corrected chi connectivity index (χ1v) is 16.2.